The van der Waals surface area contributed by atoms with Crippen LogP contribution in [0.1, 0.15) is 47.8 Å². The van der Waals surface area contributed by atoms with Crippen LogP contribution in [0, 0.1) is 0 Å². The van der Waals surface area contributed by atoms with E-state index in [0.717, 1.165) is 50.0 Å². The number of aliphatic imine (C=N–C) groups is 2. The molecule has 0 saturated carbocycles. The maximum Gasteiger partial charge on any atom is 0.159 e. The zero-order valence-electron chi connectivity index (χ0n) is 25.7. The van der Waals surface area contributed by atoms with Crippen LogP contribution in [-0.4, -0.2) is 11.7 Å². The number of nitrogens with one attached hydrogen (secondary N) is 1. The van der Waals surface area contributed by atoms with Gasteiger partial charge in [-0.2, -0.15) is 0 Å². The number of furan rings is 1. The van der Waals surface area contributed by atoms with Crippen molar-refractivity contribution >= 4 is 33.6 Å². The minimum absolute atomic E-state index is 0.0401. The highest BCUT2D eigenvalue weighted by atomic mass is 16.3. The van der Waals surface area contributed by atoms with Gasteiger partial charge in [0, 0.05) is 27.3 Å². The van der Waals surface area contributed by atoms with Crippen LogP contribution in [0.3, 0.4) is 0 Å². The lowest BCUT2D eigenvalue weighted by Crippen LogP contribution is -2.33. The average molecular weight is 594 g/mol. The second kappa shape index (κ2) is 10.1. The van der Waals surface area contributed by atoms with Gasteiger partial charge in [0.1, 0.15) is 23.2 Å². The van der Waals surface area contributed by atoms with Crippen molar-refractivity contribution in [3.63, 3.8) is 0 Å². The van der Waals surface area contributed by atoms with E-state index < -0.39 is 0 Å². The first kappa shape index (κ1) is 26.6. The van der Waals surface area contributed by atoms with Crippen LogP contribution in [0.5, 0.6) is 0 Å². The predicted octanol–water partition coefficient (Wildman–Crippen LogP) is 10.1. The molecule has 6 aromatic carbocycles. The summed E-state index contributed by atoms with van der Waals surface area (Å²) >= 11 is 0. The third kappa shape index (κ3) is 4.21. The third-order valence-electron chi connectivity index (χ3n) is 9.55. The summed E-state index contributed by atoms with van der Waals surface area (Å²) in [5.74, 6) is 1.48. The summed E-state index contributed by atoms with van der Waals surface area (Å²) in [5.41, 5.74) is 12.4. The topological polar surface area (TPSA) is 49.9 Å². The maximum absolute atomic E-state index is 6.53. The highest BCUT2D eigenvalue weighted by Crippen LogP contribution is 2.49. The number of fused-ring (bicyclic) bond motifs is 6. The molecule has 1 aromatic heterocycles. The Balaban J connectivity index is 1.11. The number of hydrogen-bond donors (Lipinski definition) is 1. The van der Waals surface area contributed by atoms with Gasteiger partial charge in [-0.15, -0.1) is 0 Å². The molecule has 1 N–H and O–H groups in total. The van der Waals surface area contributed by atoms with Gasteiger partial charge in [-0.3, -0.25) is 0 Å². The molecule has 4 heteroatoms. The van der Waals surface area contributed by atoms with Crippen molar-refractivity contribution in [3.8, 4) is 22.3 Å². The SMILES string of the molecule is CC1(C)c2ccccc2-c2ccc(-c3ccc4c(c3)oc3cc(C5=NC(c6ccccc6)NC(c6ccccc6)=N5)ccc34)cc21. The molecule has 1 aliphatic carbocycles. The molecule has 0 fully saturated rings. The molecule has 1 aliphatic heterocycles. The van der Waals surface area contributed by atoms with Gasteiger partial charge in [0.05, 0.1) is 0 Å². The third-order valence-corrected chi connectivity index (χ3v) is 9.55. The zero-order valence-corrected chi connectivity index (χ0v) is 25.7. The van der Waals surface area contributed by atoms with Gasteiger partial charge in [-0.05, 0) is 69.3 Å². The van der Waals surface area contributed by atoms with Gasteiger partial charge >= 0.3 is 0 Å². The van der Waals surface area contributed by atoms with Gasteiger partial charge in [-0.25, -0.2) is 9.98 Å². The number of rotatable bonds is 4. The van der Waals surface area contributed by atoms with E-state index in [9.17, 15) is 0 Å². The summed E-state index contributed by atoms with van der Waals surface area (Å²) in [7, 11) is 0. The largest absolute Gasteiger partial charge is 0.456 e. The van der Waals surface area contributed by atoms with E-state index in [1.165, 1.54) is 27.8 Å². The summed E-state index contributed by atoms with van der Waals surface area (Å²) in [6.45, 7) is 4.64. The van der Waals surface area contributed by atoms with E-state index in [1.807, 2.05) is 36.4 Å². The van der Waals surface area contributed by atoms with Crippen LogP contribution < -0.4 is 5.32 Å². The summed E-state index contributed by atoms with van der Waals surface area (Å²) in [6.07, 6.45) is -0.247. The van der Waals surface area contributed by atoms with Crippen LogP contribution in [0.4, 0.5) is 0 Å². The van der Waals surface area contributed by atoms with Crippen molar-refractivity contribution in [2.24, 2.45) is 9.98 Å². The molecule has 0 radical (unpaired) electrons. The van der Waals surface area contributed by atoms with Crippen LogP contribution >= 0.6 is 0 Å². The molecule has 0 bridgehead atoms. The summed E-state index contributed by atoms with van der Waals surface area (Å²) in [4.78, 5) is 10.0. The molecule has 2 aliphatic rings. The number of nitrogens with zero attached hydrogens (tertiary/aromatic N) is 2. The van der Waals surface area contributed by atoms with Crippen LogP contribution in [0.2, 0.25) is 0 Å². The van der Waals surface area contributed by atoms with Gasteiger partial charge in [-0.1, -0.05) is 123 Å². The molecule has 46 heavy (non-hydrogen) atoms. The zero-order chi connectivity index (χ0) is 30.8. The van der Waals surface area contributed by atoms with E-state index in [2.05, 4.69) is 122 Å². The quantitative estimate of drug-likeness (QED) is 0.221. The lowest BCUT2D eigenvalue weighted by atomic mass is 9.81. The molecule has 4 nitrogen and oxygen atoms in total. The fraction of sp³-hybridized carbons (Fsp3) is 0.0952. The van der Waals surface area contributed by atoms with Gasteiger partial charge in [0.25, 0.3) is 0 Å². The van der Waals surface area contributed by atoms with E-state index >= 15 is 0 Å². The Kier molecular flexibility index (Phi) is 5.88. The molecule has 2 heterocycles. The normalized spacial score (nSPS) is 16.4. The first-order chi connectivity index (χ1) is 22.5. The molecule has 7 aromatic rings. The Hall–Kier alpha value is -5.74. The van der Waals surface area contributed by atoms with Crippen LogP contribution in [0.25, 0.3) is 44.2 Å². The van der Waals surface area contributed by atoms with Crippen molar-refractivity contribution in [1.29, 1.82) is 0 Å². The van der Waals surface area contributed by atoms with Crippen LogP contribution in [-0.2, 0) is 5.41 Å². The molecule has 1 atom stereocenters. The van der Waals surface area contributed by atoms with Gasteiger partial charge in [0.2, 0.25) is 0 Å². The van der Waals surface area contributed by atoms with Crippen molar-refractivity contribution in [1.82, 2.24) is 5.32 Å². The first-order valence-electron chi connectivity index (χ1n) is 15.8. The monoisotopic (exact) mass is 593 g/mol. The number of hydrogen-bond acceptors (Lipinski definition) is 4. The second-order valence-corrected chi connectivity index (χ2v) is 12.7. The van der Waals surface area contributed by atoms with Crippen molar-refractivity contribution < 1.29 is 4.42 Å². The fourth-order valence-electron chi connectivity index (χ4n) is 7.11. The molecular weight excluding hydrogens is 562 g/mol. The summed E-state index contributed by atoms with van der Waals surface area (Å²) < 4.78 is 6.53. The first-order valence-corrected chi connectivity index (χ1v) is 15.8. The standard InChI is InChI=1S/C42H31N3O/c1-42(2)35-16-10-9-15-31(35)32-20-17-28(23-36(32)42)29-18-21-33-34-22-19-30(25-38(34)46-37(33)24-29)41-44-39(26-11-5-3-6-12-26)43-40(45-41)27-13-7-4-8-14-27/h3-25,39H,1-2H3,(H,43,44,45). The molecule has 0 amide bonds. The minimum atomic E-state index is -0.247. The molecule has 220 valence electrons. The molecule has 9 rings (SSSR count). The van der Waals surface area contributed by atoms with E-state index in [-0.39, 0.29) is 11.6 Å². The molecule has 0 spiro atoms. The van der Waals surface area contributed by atoms with Crippen molar-refractivity contribution in [2.75, 3.05) is 0 Å². The number of benzene rings is 6. The average Bonchev–Trinajstić information content (AvgIpc) is 3.59. The lowest BCUT2D eigenvalue weighted by Gasteiger charge is -2.23. The number of amidine groups is 2. The highest BCUT2D eigenvalue weighted by molar-refractivity contribution is 6.15. The Bertz CT molecular complexity index is 2360. The molecule has 1 unspecified atom stereocenters. The fourth-order valence-corrected chi connectivity index (χ4v) is 7.11. The van der Waals surface area contributed by atoms with Crippen molar-refractivity contribution in [3.05, 3.63) is 167 Å². The second-order valence-electron chi connectivity index (χ2n) is 12.7. The lowest BCUT2D eigenvalue weighted by molar-refractivity contribution is 0.660. The van der Waals surface area contributed by atoms with Crippen molar-refractivity contribution in [2.45, 2.75) is 25.4 Å². The Labute approximate surface area is 267 Å². The van der Waals surface area contributed by atoms with Gasteiger partial charge < -0.3 is 9.73 Å². The predicted molar refractivity (Wildman–Crippen MR) is 189 cm³/mol. The molecule has 0 saturated heterocycles. The molecular formula is C42H31N3O. The minimum Gasteiger partial charge on any atom is -0.456 e. The summed E-state index contributed by atoms with van der Waals surface area (Å²) in [6, 6.07) is 49.0. The van der Waals surface area contributed by atoms with Gasteiger partial charge in [0.15, 0.2) is 5.84 Å². The highest BCUT2D eigenvalue weighted by Gasteiger charge is 2.35. The van der Waals surface area contributed by atoms with E-state index in [4.69, 9.17) is 14.4 Å². The Morgan fingerprint density at radius 2 is 1.17 bits per heavy atom. The van der Waals surface area contributed by atoms with E-state index in [0.29, 0.717) is 5.84 Å². The Morgan fingerprint density at radius 1 is 0.565 bits per heavy atom. The maximum atomic E-state index is 6.53. The van der Waals surface area contributed by atoms with Crippen LogP contribution in [0.15, 0.2) is 154 Å². The smallest absolute Gasteiger partial charge is 0.159 e. The Morgan fingerprint density at radius 3 is 1.96 bits per heavy atom. The van der Waals surface area contributed by atoms with E-state index in [1.54, 1.807) is 0 Å². The summed E-state index contributed by atoms with van der Waals surface area (Å²) in [5, 5.41) is 5.71.